The molecule has 1 spiro atoms. The van der Waals surface area contributed by atoms with E-state index in [1.807, 2.05) is 17.0 Å². The molecule has 1 amide bonds. The molecule has 130 valence electrons. The Kier molecular flexibility index (Phi) is 4.11. The molecule has 0 bridgehead atoms. The van der Waals surface area contributed by atoms with Gasteiger partial charge < -0.3 is 14.4 Å². The van der Waals surface area contributed by atoms with Crippen molar-refractivity contribution >= 4 is 11.6 Å². The van der Waals surface area contributed by atoms with Gasteiger partial charge in [0.2, 0.25) is 5.91 Å². The number of aryl methyl sites for hydroxylation is 1. The van der Waals surface area contributed by atoms with Gasteiger partial charge >= 0.3 is 0 Å². The first-order valence-corrected chi connectivity index (χ1v) is 9.00. The predicted molar refractivity (Wildman–Crippen MR) is 92.0 cm³/mol. The third kappa shape index (κ3) is 2.85. The van der Waals surface area contributed by atoms with Crippen molar-refractivity contribution in [1.82, 2.24) is 4.90 Å². The molecular formula is C19H26N2O3. The molecule has 1 aromatic rings. The summed E-state index contributed by atoms with van der Waals surface area (Å²) in [5.41, 5.74) is 2.23. The lowest BCUT2D eigenvalue weighted by molar-refractivity contribution is -0.195. The molecule has 0 unspecified atom stereocenters. The molecule has 2 atom stereocenters. The number of rotatable bonds is 2. The van der Waals surface area contributed by atoms with Crippen molar-refractivity contribution in [2.24, 2.45) is 0 Å². The van der Waals surface area contributed by atoms with E-state index in [2.05, 4.69) is 30.9 Å². The van der Waals surface area contributed by atoms with Crippen LogP contribution in [-0.2, 0) is 14.3 Å². The summed E-state index contributed by atoms with van der Waals surface area (Å²) in [5.74, 6) is -0.162. The minimum Gasteiger partial charge on any atom is -0.347 e. The Balaban J connectivity index is 1.40. The van der Waals surface area contributed by atoms with Gasteiger partial charge in [-0.25, -0.2) is 0 Å². The zero-order valence-electron chi connectivity index (χ0n) is 14.5. The maximum atomic E-state index is 12.9. The number of hydrogen-bond acceptors (Lipinski definition) is 4. The molecule has 4 rings (SSSR count). The van der Waals surface area contributed by atoms with Crippen molar-refractivity contribution in [2.45, 2.75) is 51.0 Å². The highest BCUT2D eigenvalue weighted by Gasteiger charge is 2.46. The molecule has 3 aliphatic heterocycles. The molecule has 5 heteroatoms. The topological polar surface area (TPSA) is 42.0 Å². The Labute approximate surface area is 143 Å². The van der Waals surface area contributed by atoms with Gasteiger partial charge in [-0.2, -0.15) is 0 Å². The number of benzene rings is 1. The van der Waals surface area contributed by atoms with E-state index in [0.29, 0.717) is 6.61 Å². The zero-order valence-corrected chi connectivity index (χ0v) is 14.5. The van der Waals surface area contributed by atoms with Gasteiger partial charge in [-0.1, -0.05) is 17.7 Å². The van der Waals surface area contributed by atoms with Crippen LogP contribution in [0, 0.1) is 6.92 Å². The summed E-state index contributed by atoms with van der Waals surface area (Å²) < 4.78 is 11.9. The van der Waals surface area contributed by atoms with Crippen LogP contribution in [0.15, 0.2) is 24.3 Å². The summed E-state index contributed by atoms with van der Waals surface area (Å²) >= 11 is 0. The van der Waals surface area contributed by atoms with Crippen LogP contribution in [0.5, 0.6) is 0 Å². The summed E-state index contributed by atoms with van der Waals surface area (Å²) in [4.78, 5) is 17.1. The second-order valence-corrected chi connectivity index (χ2v) is 7.32. The van der Waals surface area contributed by atoms with E-state index < -0.39 is 5.79 Å². The van der Waals surface area contributed by atoms with Gasteiger partial charge in [0.25, 0.3) is 0 Å². The lowest BCUT2D eigenvalue weighted by atomic mass is 10.0. The monoisotopic (exact) mass is 330 g/mol. The maximum absolute atomic E-state index is 12.9. The van der Waals surface area contributed by atoms with E-state index in [9.17, 15) is 4.79 Å². The fourth-order valence-electron chi connectivity index (χ4n) is 4.13. The first-order chi connectivity index (χ1) is 11.6. The molecule has 24 heavy (non-hydrogen) atoms. The van der Waals surface area contributed by atoms with Crippen molar-refractivity contribution in [3.8, 4) is 0 Å². The van der Waals surface area contributed by atoms with Crippen LogP contribution in [0.25, 0.3) is 0 Å². The number of anilines is 1. The number of likely N-dealkylation sites (tertiary alicyclic amines) is 1. The van der Waals surface area contributed by atoms with Crippen LogP contribution >= 0.6 is 0 Å². The molecule has 0 N–H and O–H groups in total. The third-order valence-corrected chi connectivity index (χ3v) is 5.52. The van der Waals surface area contributed by atoms with Crippen LogP contribution in [0.3, 0.4) is 0 Å². The van der Waals surface area contributed by atoms with Gasteiger partial charge in [0, 0.05) is 38.2 Å². The lowest BCUT2D eigenvalue weighted by Gasteiger charge is -2.39. The summed E-state index contributed by atoms with van der Waals surface area (Å²) in [7, 11) is 0. The molecule has 3 saturated heterocycles. The van der Waals surface area contributed by atoms with Crippen LogP contribution in [0.2, 0.25) is 0 Å². The predicted octanol–water partition coefficient (Wildman–Crippen LogP) is 2.33. The highest BCUT2D eigenvalue weighted by atomic mass is 16.7. The van der Waals surface area contributed by atoms with Gasteiger partial charge in [0.05, 0.1) is 18.8 Å². The molecule has 3 aliphatic rings. The van der Waals surface area contributed by atoms with Gasteiger partial charge in [0.15, 0.2) is 5.79 Å². The summed E-state index contributed by atoms with van der Waals surface area (Å²) in [5, 5.41) is 0. The quantitative estimate of drug-likeness (QED) is 0.835. The van der Waals surface area contributed by atoms with Crippen molar-refractivity contribution in [3.63, 3.8) is 0 Å². The van der Waals surface area contributed by atoms with Gasteiger partial charge in [-0.05, 0) is 32.4 Å². The van der Waals surface area contributed by atoms with Crippen LogP contribution in [0.1, 0.15) is 31.7 Å². The molecular weight excluding hydrogens is 304 g/mol. The van der Waals surface area contributed by atoms with Crippen molar-refractivity contribution < 1.29 is 14.3 Å². The molecule has 3 fully saturated rings. The van der Waals surface area contributed by atoms with Crippen molar-refractivity contribution in [2.75, 3.05) is 31.1 Å². The Bertz CT molecular complexity index is 608. The number of carbonyl (C=O) groups is 1. The normalized spacial score (nSPS) is 30.4. The van der Waals surface area contributed by atoms with Crippen LogP contribution in [0.4, 0.5) is 5.69 Å². The van der Waals surface area contributed by atoms with Gasteiger partial charge in [-0.3, -0.25) is 9.69 Å². The van der Waals surface area contributed by atoms with E-state index in [4.69, 9.17) is 9.47 Å². The third-order valence-electron chi connectivity index (χ3n) is 5.52. The SMILES string of the molecule is Cc1ccc(N2CC[C@@H](N3CCC4(CC3)OC[C@H](C)O4)C2=O)cc1. The second kappa shape index (κ2) is 6.14. The van der Waals surface area contributed by atoms with E-state index >= 15 is 0 Å². The Hall–Kier alpha value is -1.43. The fourth-order valence-corrected chi connectivity index (χ4v) is 4.13. The Morgan fingerprint density at radius 2 is 1.83 bits per heavy atom. The highest BCUT2D eigenvalue weighted by molar-refractivity contribution is 5.99. The molecule has 1 aromatic carbocycles. The standard InChI is InChI=1S/C19H26N2O3/c1-14-3-5-16(6-4-14)21-10-7-17(18(21)22)20-11-8-19(9-12-20)23-13-15(2)24-19/h3-6,15,17H,7-13H2,1-2H3/t15-,17+/m0/s1. The van der Waals surface area contributed by atoms with Gasteiger partial charge in [-0.15, -0.1) is 0 Å². The Morgan fingerprint density at radius 3 is 2.46 bits per heavy atom. The number of piperidine rings is 1. The minimum absolute atomic E-state index is 0.00230. The Morgan fingerprint density at radius 1 is 1.12 bits per heavy atom. The first-order valence-electron chi connectivity index (χ1n) is 9.00. The molecule has 0 aliphatic carbocycles. The van der Waals surface area contributed by atoms with E-state index in [1.165, 1.54) is 5.56 Å². The first kappa shape index (κ1) is 16.1. The largest absolute Gasteiger partial charge is 0.347 e. The van der Waals surface area contributed by atoms with E-state index in [-0.39, 0.29) is 18.1 Å². The lowest BCUT2D eigenvalue weighted by Crippen LogP contribution is -2.51. The van der Waals surface area contributed by atoms with Gasteiger partial charge in [0.1, 0.15) is 0 Å². The molecule has 5 nitrogen and oxygen atoms in total. The highest BCUT2D eigenvalue weighted by Crippen LogP contribution is 2.36. The number of nitrogens with zero attached hydrogens (tertiary/aromatic N) is 2. The summed E-state index contributed by atoms with van der Waals surface area (Å²) in [6, 6.07) is 8.22. The minimum atomic E-state index is -0.395. The maximum Gasteiger partial charge on any atom is 0.244 e. The molecule has 0 radical (unpaired) electrons. The molecule has 0 aromatic heterocycles. The summed E-state index contributed by atoms with van der Waals surface area (Å²) in [6.45, 7) is 7.34. The van der Waals surface area contributed by atoms with Crippen LogP contribution in [-0.4, -0.2) is 55.0 Å². The fraction of sp³-hybridized carbons (Fsp3) is 0.632. The molecule has 0 saturated carbocycles. The van der Waals surface area contributed by atoms with Crippen molar-refractivity contribution in [3.05, 3.63) is 29.8 Å². The number of amides is 1. The van der Waals surface area contributed by atoms with Crippen molar-refractivity contribution in [1.29, 1.82) is 0 Å². The summed E-state index contributed by atoms with van der Waals surface area (Å²) in [6.07, 6.45) is 2.79. The smallest absolute Gasteiger partial charge is 0.244 e. The molecule has 3 heterocycles. The second-order valence-electron chi connectivity index (χ2n) is 7.32. The number of hydrogen-bond donors (Lipinski definition) is 0. The number of ether oxygens (including phenoxy) is 2. The average molecular weight is 330 g/mol. The number of carbonyl (C=O) groups excluding carboxylic acids is 1. The average Bonchev–Trinajstić information content (AvgIpc) is 3.13. The van der Waals surface area contributed by atoms with Crippen LogP contribution < -0.4 is 4.90 Å². The van der Waals surface area contributed by atoms with E-state index in [1.54, 1.807) is 0 Å². The van der Waals surface area contributed by atoms with E-state index in [0.717, 1.165) is 44.6 Å². The zero-order chi connectivity index (χ0) is 16.7.